The molecule has 0 saturated carbocycles. The number of ether oxygens (including phenoxy) is 1. The summed E-state index contributed by atoms with van der Waals surface area (Å²) in [4.78, 5) is 13.9. The first-order valence-electron chi connectivity index (χ1n) is 3.91. The Labute approximate surface area is 71.7 Å². The highest BCUT2D eigenvalue weighted by atomic mass is 16.5. The molecule has 0 aliphatic carbocycles. The van der Waals surface area contributed by atoms with Gasteiger partial charge in [-0.1, -0.05) is 13.8 Å². The highest BCUT2D eigenvalue weighted by molar-refractivity contribution is 5.87. The quantitative estimate of drug-likeness (QED) is 0.684. The first kappa shape index (κ1) is 8.84. The zero-order chi connectivity index (χ0) is 9.14. The lowest BCUT2D eigenvalue weighted by Gasteiger charge is -1.97. The Balaban J connectivity index is 2.84. The number of esters is 1. The summed E-state index contributed by atoms with van der Waals surface area (Å²) in [6.45, 7) is 4.15. The second kappa shape index (κ2) is 3.43. The van der Waals surface area contributed by atoms with Crippen molar-refractivity contribution in [1.82, 2.24) is 4.98 Å². The predicted octanol–water partition coefficient (Wildman–Crippen LogP) is 1.92. The van der Waals surface area contributed by atoms with Gasteiger partial charge in [0.05, 0.1) is 7.11 Å². The fourth-order valence-electron chi connectivity index (χ4n) is 0.972. The molecular weight excluding hydrogens is 154 g/mol. The lowest BCUT2D eigenvalue weighted by Crippen LogP contribution is -2.00. The van der Waals surface area contributed by atoms with Gasteiger partial charge in [-0.05, 0) is 17.5 Å². The van der Waals surface area contributed by atoms with Crippen molar-refractivity contribution < 1.29 is 9.53 Å². The Morgan fingerprint density at radius 2 is 2.25 bits per heavy atom. The van der Waals surface area contributed by atoms with E-state index in [1.165, 1.54) is 7.11 Å². The highest BCUT2D eigenvalue weighted by Gasteiger charge is 2.09. The second-order valence-corrected chi connectivity index (χ2v) is 2.99. The molecule has 66 valence electrons. The van der Waals surface area contributed by atoms with Gasteiger partial charge in [0.15, 0.2) is 0 Å². The van der Waals surface area contributed by atoms with E-state index in [1.54, 1.807) is 0 Å². The van der Waals surface area contributed by atoms with Crippen LogP contribution in [-0.2, 0) is 4.74 Å². The van der Waals surface area contributed by atoms with Crippen molar-refractivity contribution in [1.29, 1.82) is 0 Å². The summed E-state index contributed by atoms with van der Waals surface area (Å²) in [5, 5.41) is 0. The van der Waals surface area contributed by atoms with Crippen molar-refractivity contribution in [2.75, 3.05) is 7.11 Å². The predicted molar refractivity (Wildman–Crippen MR) is 46.2 cm³/mol. The number of aromatic nitrogens is 1. The van der Waals surface area contributed by atoms with Gasteiger partial charge in [-0.25, -0.2) is 4.79 Å². The van der Waals surface area contributed by atoms with Crippen LogP contribution in [0.4, 0.5) is 0 Å². The van der Waals surface area contributed by atoms with Crippen molar-refractivity contribution in [3.63, 3.8) is 0 Å². The largest absolute Gasteiger partial charge is 0.464 e. The molecule has 0 aliphatic rings. The molecular formula is C9H13NO2. The number of hydrogen-bond donors (Lipinski definition) is 1. The Kier molecular flexibility index (Phi) is 2.53. The molecule has 1 rings (SSSR count). The van der Waals surface area contributed by atoms with Crippen LogP contribution in [0.5, 0.6) is 0 Å². The standard InChI is InChI=1S/C9H13NO2/c1-6(2)7-4-8(10-5-7)9(11)12-3/h4-6,10H,1-3H3. The number of nitrogens with one attached hydrogen (secondary N) is 1. The fourth-order valence-corrected chi connectivity index (χ4v) is 0.972. The van der Waals surface area contributed by atoms with Crippen LogP contribution in [-0.4, -0.2) is 18.1 Å². The molecule has 0 spiro atoms. The molecule has 0 bridgehead atoms. The van der Waals surface area contributed by atoms with Crippen LogP contribution in [0.2, 0.25) is 0 Å². The first-order chi connectivity index (χ1) is 5.65. The first-order valence-corrected chi connectivity index (χ1v) is 3.91. The monoisotopic (exact) mass is 167 g/mol. The van der Waals surface area contributed by atoms with Gasteiger partial charge in [-0.15, -0.1) is 0 Å². The summed E-state index contributed by atoms with van der Waals surface area (Å²) in [6, 6.07) is 1.82. The minimum Gasteiger partial charge on any atom is -0.464 e. The molecule has 0 saturated heterocycles. The van der Waals surface area contributed by atoms with Gasteiger partial charge in [-0.2, -0.15) is 0 Å². The topological polar surface area (TPSA) is 42.1 Å². The van der Waals surface area contributed by atoms with E-state index in [-0.39, 0.29) is 5.97 Å². The minimum atomic E-state index is -0.318. The molecule has 1 N–H and O–H groups in total. The second-order valence-electron chi connectivity index (χ2n) is 2.99. The van der Waals surface area contributed by atoms with Crippen molar-refractivity contribution in [3.05, 3.63) is 23.5 Å². The summed E-state index contributed by atoms with van der Waals surface area (Å²) in [5.41, 5.74) is 1.64. The molecule has 1 heterocycles. The van der Waals surface area contributed by atoms with E-state index in [4.69, 9.17) is 0 Å². The van der Waals surface area contributed by atoms with E-state index >= 15 is 0 Å². The number of H-pyrrole nitrogens is 1. The average molecular weight is 167 g/mol. The fraction of sp³-hybridized carbons (Fsp3) is 0.444. The van der Waals surface area contributed by atoms with Gasteiger partial charge in [0.1, 0.15) is 5.69 Å². The Morgan fingerprint density at radius 3 is 2.67 bits per heavy atom. The van der Waals surface area contributed by atoms with Crippen molar-refractivity contribution in [3.8, 4) is 0 Å². The molecule has 3 nitrogen and oxygen atoms in total. The van der Waals surface area contributed by atoms with Crippen molar-refractivity contribution in [2.24, 2.45) is 0 Å². The smallest absolute Gasteiger partial charge is 0.354 e. The molecule has 0 aromatic carbocycles. The highest BCUT2D eigenvalue weighted by Crippen LogP contribution is 2.15. The van der Waals surface area contributed by atoms with Crippen LogP contribution >= 0.6 is 0 Å². The summed E-state index contributed by atoms with van der Waals surface area (Å²) in [6.07, 6.45) is 1.83. The SMILES string of the molecule is COC(=O)c1cc(C(C)C)c[nH]1. The number of hydrogen-bond acceptors (Lipinski definition) is 2. The van der Waals surface area contributed by atoms with E-state index in [2.05, 4.69) is 23.6 Å². The van der Waals surface area contributed by atoms with Gasteiger partial charge in [0.25, 0.3) is 0 Å². The number of methoxy groups -OCH3 is 1. The molecule has 0 radical (unpaired) electrons. The lowest BCUT2D eigenvalue weighted by atomic mass is 10.1. The molecule has 0 amide bonds. The molecule has 12 heavy (non-hydrogen) atoms. The normalized spacial score (nSPS) is 10.3. The van der Waals surface area contributed by atoms with Gasteiger partial charge < -0.3 is 9.72 Å². The van der Waals surface area contributed by atoms with Crippen LogP contribution in [0, 0.1) is 0 Å². The number of aromatic amines is 1. The number of carbonyl (C=O) groups is 1. The zero-order valence-electron chi connectivity index (χ0n) is 7.55. The van der Waals surface area contributed by atoms with E-state index in [0.29, 0.717) is 11.6 Å². The minimum absolute atomic E-state index is 0.318. The summed E-state index contributed by atoms with van der Waals surface area (Å²) < 4.78 is 4.56. The third kappa shape index (κ3) is 1.67. The van der Waals surface area contributed by atoms with Gasteiger partial charge >= 0.3 is 5.97 Å². The molecule has 0 aliphatic heterocycles. The third-order valence-electron chi connectivity index (χ3n) is 1.78. The van der Waals surface area contributed by atoms with Gasteiger partial charge in [0, 0.05) is 6.20 Å². The van der Waals surface area contributed by atoms with Crippen LogP contribution < -0.4 is 0 Å². The maximum absolute atomic E-state index is 11.0. The average Bonchev–Trinajstić information content (AvgIpc) is 2.51. The van der Waals surface area contributed by atoms with Crippen LogP contribution in [0.3, 0.4) is 0 Å². The third-order valence-corrected chi connectivity index (χ3v) is 1.78. The Bertz CT molecular complexity index is 276. The number of carbonyl (C=O) groups excluding carboxylic acids is 1. The molecule has 3 heteroatoms. The molecule has 0 atom stereocenters. The Hall–Kier alpha value is -1.25. The number of rotatable bonds is 2. The van der Waals surface area contributed by atoms with Gasteiger partial charge in [-0.3, -0.25) is 0 Å². The summed E-state index contributed by atoms with van der Waals surface area (Å²) >= 11 is 0. The van der Waals surface area contributed by atoms with Gasteiger partial charge in [0.2, 0.25) is 0 Å². The van der Waals surface area contributed by atoms with E-state index < -0.39 is 0 Å². The summed E-state index contributed by atoms with van der Waals surface area (Å²) in [7, 11) is 1.37. The Morgan fingerprint density at radius 1 is 1.58 bits per heavy atom. The van der Waals surface area contributed by atoms with Crippen molar-refractivity contribution in [2.45, 2.75) is 19.8 Å². The molecule has 1 aromatic heterocycles. The van der Waals surface area contributed by atoms with Crippen LogP contribution in [0.1, 0.15) is 35.8 Å². The molecule has 0 unspecified atom stereocenters. The zero-order valence-corrected chi connectivity index (χ0v) is 7.55. The van der Waals surface area contributed by atoms with E-state index in [0.717, 1.165) is 5.56 Å². The van der Waals surface area contributed by atoms with E-state index in [1.807, 2.05) is 12.3 Å². The maximum atomic E-state index is 11.0. The van der Waals surface area contributed by atoms with Crippen LogP contribution in [0.15, 0.2) is 12.3 Å². The van der Waals surface area contributed by atoms with E-state index in [9.17, 15) is 4.79 Å². The van der Waals surface area contributed by atoms with Crippen molar-refractivity contribution >= 4 is 5.97 Å². The lowest BCUT2D eigenvalue weighted by molar-refractivity contribution is 0.0595. The van der Waals surface area contributed by atoms with Crippen LogP contribution in [0.25, 0.3) is 0 Å². The molecule has 0 fully saturated rings. The summed E-state index contributed by atoms with van der Waals surface area (Å²) in [5.74, 6) is 0.113. The maximum Gasteiger partial charge on any atom is 0.354 e. The molecule has 1 aromatic rings.